The van der Waals surface area contributed by atoms with E-state index in [9.17, 15) is 18.0 Å². The van der Waals surface area contributed by atoms with Gasteiger partial charge in [0.2, 0.25) is 15.9 Å². The third-order valence-corrected chi connectivity index (χ3v) is 6.04. The molecule has 1 saturated carbocycles. The molecule has 0 aliphatic heterocycles. The summed E-state index contributed by atoms with van der Waals surface area (Å²) in [5, 5.41) is 5.69. The minimum Gasteiger partial charge on any atom is -0.354 e. The molecular formula is C19H25N3O4S. The largest absolute Gasteiger partial charge is 0.354 e. The number of rotatable bonds is 7. The van der Waals surface area contributed by atoms with Gasteiger partial charge in [0, 0.05) is 12.1 Å². The number of carbonyl (C=O) groups is 2. The summed E-state index contributed by atoms with van der Waals surface area (Å²) in [7, 11) is -3.71. The number of hydrogen-bond acceptors (Lipinski definition) is 4. The molecule has 8 heteroatoms. The fourth-order valence-electron chi connectivity index (χ4n) is 3.19. The third kappa shape index (κ3) is 5.08. The molecule has 1 aromatic carbocycles. The van der Waals surface area contributed by atoms with Crippen LogP contribution in [0.3, 0.4) is 0 Å². The molecule has 0 aromatic heterocycles. The predicted octanol–water partition coefficient (Wildman–Crippen LogP) is 1.17. The minimum atomic E-state index is -3.71. The third-order valence-electron chi connectivity index (χ3n) is 4.62. The highest BCUT2D eigenvalue weighted by molar-refractivity contribution is 7.89. The summed E-state index contributed by atoms with van der Waals surface area (Å²) in [6.07, 6.45) is 9.02. The second-order valence-electron chi connectivity index (χ2n) is 6.51. The van der Waals surface area contributed by atoms with E-state index >= 15 is 0 Å². The van der Waals surface area contributed by atoms with Crippen molar-refractivity contribution in [3.05, 3.63) is 29.8 Å². The lowest BCUT2D eigenvalue weighted by molar-refractivity contribution is -0.128. The lowest BCUT2D eigenvalue weighted by atomic mass is 9.80. The Morgan fingerprint density at radius 3 is 2.33 bits per heavy atom. The summed E-state index contributed by atoms with van der Waals surface area (Å²) in [6.45, 7) is 2.22. The van der Waals surface area contributed by atoms with Gasteiger partial charge in [-0.05, 0) is 44.0 Å². The van der Waals surface area contributed by atoms with Crippen LogP contribution in [0.4, 0.5) is 0 Å². The normalized spacial score (nSPS) is 16.1. The smallest absolute Gasteiger partial charge is 0.252 e. The maximum absolute atomic E-state index is 12.7. The number of likely N-dealkylation sites (N-methyl/N-ethyl adjacent to an activating group) is 1. The van der Waals surface area contributed by atoms with Gasteiger partial charge in [0.05, 0.1) is 11.4 Å². The van der Waals surface area contributed by atoms with Crippen molar-refractivity contribution in [2.45, 2.75) is 49.5 Å². The molecule has 2 rings (SSSR count). The highest BCUT2D eigenvalue weighted by Crippen LogP contribution is 2.29. The summed E-state index contributed by atoms with van der Waals surface area (Å²) >= 11 is 0. The molecule has 0 bridgehead atoms. The summed E-state index contributed by atoms with van der Waals surface area (Å²) in [5.41, 5.74) is -0.620. The molecule has 0 heterocycles. The maximum Gasteiger partial charge on any atom is 0.252 e. The van der Waals surface area contributed by atoms with E-state index in [1.165, 1.54) is 24.3 Å². The van der Waals surface area contributed by atoms with Crippen LogP contribution < -0.4 is 15.4 Å². The van der Waals surface area contributed by atoms with Gasteiger partial charge in [-0.3, -0.25) is 9.59 Å². The fourth-order valence-corrected chi connectivity index (χ4v) is 4.12. The molecular weight excluding hydrogens is 366 g/mol. The Labute approximate surface area is 160 Å². The number of hydrogen-bond donors (Lipinski definition) is 3. The Morgan fingerprint density at radius 2 is 1.78 bits per heavy atom. The van der Waals surface area contributed by atoms with E-state index in [1.54, 1.807) is 0 Å². The molecule has 0 saturated heterocycles. The van der Waals surface area contributed by atoms with E-state index in [1.807, 2.05) is 6.92 Å². The average molecular weight is 391 g/mol. The van der Waals surface area contributed by atoms with Gasteiger partial charge in [-0.2, -0.15) is 4.72 Å². The first kappa shape index (κ1) is 20.9. The Bertz CT molecular complexity index is 820. The van der Waals surface area contributed by atoms with Crippen LogP contribution in [0.25, 0.3) is 0 Å². The molecule has 146 valence electrons. The van der Waals surface area contributed by atoms with Crippen LogP contribution in [0.5, 0.6) is 0 Å². The summed E-state index contributed by atoms with van der Waals surface area (Å²) in [6, 6.07) is 5.53. The monoisotopic (exact) mass is 391 g/mol. The molecule has 1 fully saturated rings. The van der Waals surface area contributed by atoms with Crippen LogP contribution in [0.15, 0.2) is 29.2 Å². The molecule has 0 atom stereocenters. The lowest BCUT2D eigenvalue weighted by Crippen LogP contribution is -2.59. The number of sulfonamides is 1. The standard InChI is InChI=1S/C19H25N3O4S/c1-3-14-21-27(25,26)16-10-8-15(9-11-16)17(23)22-19(18(24)20-4-2)12-6-5-7-13-19/h1,8-11,21H,4-7,12-14H2,2H3,(H,20,24)(H,22,23). The first-order valence-corrected chi connectivity index (χ1v) is 10.5. The number of nitrogens with one attached hydrogen (secondary N) is 3. The number of terminal acetylenes is 1. The second-order valence-corrected chi connectivity index (χ2v) is 8.28. The van der Waals surface area contributed by atoms with Crippen molar-refractivity contribution in [1.29, 1.82) is 0 Å². The van der Waals surface area contributed by atoms with Crippen LogP contribution in [-0.4, -0.2) is 38.9 Å². The SMILES string of the molecule is C#CCNS(=O)(=O)c1ccc(C(=O)NC2(C(=O)NCC)CCCCC2)cc1. The molecule has 2 amide bonds. The van der Waals surface area contributed by atoms with Gasteiger partial charge < -0.3 is 10.6 Å². The summed E-state index contributed by atoms with van der Waals surface area (Å²) in [4.78, 5) is 25.2. The molecule has 1 aromatic rings. The van der Waals surface area contributed by atoms with E-state index in [4.69, 9.17) is 6.42 Å². The van der Waals surface area contributed by atoms with E-state index < -0.39 is 21.5 Å². The van der Waals surface area contributed by atoms with Crippen molar-refractivity contribution >= 4 is 21.8 Å². The van der Waals surface area contributed by atoms with Crippen molar-refractivity contribution in [3.63, 3.8) is 0 Å². The van der Waals surface area contributed by atoms with Crippen LogP contribution in [0.2, 0.25) is 0 Å². The second kappa shape index (κ2) is 9.02. The predicted molar refractivity (Wildman–Crippen MR) is 102 cm³/mol. The molecule has 0 unspecified atom stereocenters. The Balaban J connectivity index is 2.16. The minimum absolute atomic E-state index is 0.0189. The molecule has 27 heavy (non-hydrogen) atoms. The topological polar surface area (TPSA) is 104 Å². The zero-order chi connectivity index (χ0) is 19.9. The number of carbonyl (C=O) groups excluding carboxylic acids is 2. The van der Waals surface area contributed by atoms with Crippen molar-refractivity contribution in [2.24, 2.45) is 0 Å². The van der Waals surface area contributed by atoms with Crippen molar-refractivity contribution in [2.75, 3.05) is 13.1 Å². The fraction of sp³-hybridized carbons (Fsp3) is 0.474. The molecule has 0 radical (unpaired) electrons. The van der Waals surface area contributed by atoms with Crippen LogP contribution in [-0.2, 0) is 14.8 Å². The quantitative estimate of drug-likeness (QED) is 0.607. The molecule has 7 nitrogen and oxygen atoms in total. The van der Waals surface area contributed by atoms with Gasteiger partial charge in [-0.15, -0.1) is 6.42 Å². The summed E-state index contributed by atoms with van der Waals surface area (Å²) < 4.78 is 26.3. The molecule has 0 spiro atoms. The van der Waals surface area contributed by atoms with Crippen molar-refractivity contribution < 1.29 is 18.0 Å². The highest BCUT2D eigenvalue weighted by atomic mass is 32.2. The van der Waals surface area contributed by atoms with Gasteiger partial charge in [0.1, 0.15) is 5.54 Å². The zero-order valence-corrected chi connectivity index (χ0v) is 16.2. The van der Waals surface area contributed by atoms with E-state index in [0.717, 1.165) is 19.3 Å². The Kier molecular flexibility index (Phi) is 6.99. The Hall–Kier alpha value is -2.37. The van der Waals surface area contributed by atoms with Gasteiger partial charge in [0.15, 0.2) is 0 Å². The van der Waals surface area contributed by atoms with Gasteiger partial charge in [0.25, 0.3) is 5.91 Å². The maximum atomic E-state index is 12.7. The highest BCUT2D eigenvalue weighted by Gasteiger charge is 2.40. The number of benzene rings is 1. The molecule has 3 N–H and O–H groups in total. The van der Waals surface area contributed by atoms with Crippen molar-refractivity contribution in [1.82, 2.24) is 15.4 Å². The van der Waals surface area contributed by atoms with Crippen LogP contribution in [0, 0.1) is 12.3 Å². The van der Waals surface area contributed by atoms with Crippen LogP contribution in [0.1, 0.15) is 49.4 Å². The first-order chi connectivity index (χ1) is 12.8. The van der Waals surface area contributed by atoms with Crippen LogP contribution >= 0.6 is 0 Å². The van der Waals surface area contributed by atoms with Gasteiger partial charge in [-0.25, -0.2) is 8.42 Å². The lowest BCUT2D eigenvalue weighted by Gasteiger charge is -2.36. The van der Waals surface area contributed by atoms with E-state index in [2.05, 4.69) is 21.3 Å². The van der Waals surface area contributed by atoms with Crippen molar-refractivity contribution in [3.8, 4) is 12.3 Å². The first-order valence-electron chi connectivity index (χ1n) is 8.98. The molecule has 1 aliphatic rings. The van der Waals surface area contributed by atoms with E-state index in [0.29, 0.717) is 24.9 Å². The number of amides is 2. The zero-order valence-electron chi connectivity index (χ0n) is 15.4. The van der Waals surface area contributed by atoms with Gasteiger partial charge in [-0.1, -0.05) is 25.2 Å². The average Bonchev–Trinajstić information content (AvgIpc) is 2.67. The Morgan fingerprint density at radius 1 is 1.15 bits per heavy atom. The summed E-state index contributed by atoms with van der Waals surface area (Å²) in [5.74, 6) is 1.63. The van der Waals surface area contributed by atoms with Gasteiger partial charge >= 0.3 is 0 Å². The molecule has 1 aliphatic carbocycles. The van der Waals surface area contributed by atoms with E-state index in [-0.39, 0.29) is 17.3 Å².